The Bertz CT molecular complexity index is 356. The number of hydrogen-bond acceptors (Lipinski definition) is 3. The van der Waals surface area contributed by atoms with Crippen LogP contribution in [0.4, 0.5) is 0 Å². The van der Waals surface area contributed by atoms with Crippen LogP contribution in [-0.2, 0) is 0 Å². The molecule has 0 aromatic heterocycles. The fraction of sp³-hybridized carbons (Fsp3) is 0.182. The largest absolute Gasteiger partial charge is 0.496 e. The number of benzene rings is 1. The van der Waals surface area contributed by atoms with Crippen LogP contribution in [0.1, 0.15) is 18.1 Å². The molecule has 0 heterocycles. The first-order valence-corrected chi connectivity index (χ1v) is 4.30. The summed E-state index contributed by atoms with van der Waals surface area (Å²) in [6, 6.07) is 5.65. The lowest BCUT2D eigenvalue weighted by Gasteiger charge is -2.06. The highest BCUT2D eigenvalue weighted by Crippen LogP contribution is 2.21. The van der Waals surface area contributed by atoms with E-state index in [1.54, 1.807) is 7.11 Å². The van der Waals surface area contributed by atoms with Gasteiger partial charge in [0.2, 0.25) is 0 Å². The Morgan fingerprint density at radius 1 is 1.43 bits per heavy atom. The fourth-order valence-corrected chi connectivity index (χ4v) is 1.26. The summed E-state index contributed by atoms with van der Waals surface area (Å²) in [5.74, 6) is 0.693. The van der Waals surface area contributed by atoms with E-state index in [9.17, 15) is 0 Å². The first-order valence-electron chi connectivity index (χ1n) is 4.30. The molecule has 0 amide bonds. The zero-order valence-corrected chi connectivity index (χ0v) is 8.27. The molecule has 0 aliphatic rings. The lowest BCUT2D eigenvalue weighted by atomic mass is 10.1. The topological polar surface area (TPSA) is 41.8 Å². The average molecular weight is 191 g/mol. The number of oxime groups is 1. The highest BCUT2D eigenvalue weighted by atomic mass is 16.5. The molecule has 14 heavy (non-hydrogen) atoms. The Hall–Kier alpha value is -1.77. The Balaban J connectivity index is 3.27. The van der Waals surface area contributed by atoms with E-state index in [0.29, 0.717) is 5.75 Å². The minimum absolute atomic E-state index is 0.693. The third-order valence-corrected chi connectivity index (χ3v) is 1.85. The summed E-state index contributed by atoms with van der Waals surface area (Å²) in [7, 11) is 1.59. The van der Waals surface area contributed by atoms with Crippen molar-refractivity contribution < 1.29 is 9.94 Å². The molecule has 0 atom stereocenters. The predicted octanol–water partition coefficient (Wildman–Crippen LogP) is 2.54. The SMILES string of the molecule is C/C=C/c1cccc(OC)c1C=NO. The zero-order valence-electron chi connectivity index (χ0n) is 8.27. The third kappa shape index (κ3) is 2.13. The molecule has 1 aromatic carbocycles. The molecule has 0 saturated carbocycles. The molecule has 0 aliphatic heterocycles. The van der Waals surface area contributed by atoms with Crippen molar-refractivity contribution in [3.8, 4) is 5.75 Å². The van der Waals surface area contributed by atoms with E-state index in [4.69, 9.17) is 9.94 Å². The number of rotatable bonds is 3. The van der Waals surface area contributed by atoms with Crippen LogP contribution in [0.2, 0.25) is 0 Å². The third-order valence-electron chi connectivity index (χ3n) is 1.85. The first-order chi connectivity index (χ1) is 6.83. The van der Waals surface area contributed by atoms with Crippen LogP contribution in [0.15, 0.2) is 29.4 Å². The normalized spacial score (nSPS) is 11.3. The molecule has 1 aromatic rings. The van der Waals surface area contributed by atoms with Gasteiger partial charge in [-0.05, 0) is 18.6 Å². The molecule has 0 fully saturated rings. The van der Waals surface area contributed by atoms with Crippen molar-refractivity contribution in [2.45, 2.75) is 6.92 Å². The fourth-order valence-electron chi connectivity index (χ4n) is 1.26. The number of ether oxygens (including phenoxy) is 1. The molecule has 0 radical (unpaired) electrons. The van der Waals surface area contributed by atoms with Gasteiger partial charge in [-0.1, -0.05) is 29.4 Å². The van der Waals surface area contributed by atoms with Crippen molar-refractivity contribution in [2.75, 3.05) is 7.11 Å². The minimum Gasteiger partial charge on any atom is -0.496 e. The summed E-state index contributed by atoms with van der Waals surface area (Å²) in [5.41, 5.74) is 1.74. The quantitative estimate of drug-likeness (QED) is 0.453. The lowest BCUT2D eigenvalue weighted by molar-refractivity contribution is 0.321. The molecule has 74 valence electrons. The van der Waals surface area contributed by atoms with Gasteiger partial charge in [0.15, 0.2) is 0 Å². The second-order valence-corrected chi connectivity index (χ2v) is 2.71. The number of nitrogens with zero attached hydrogens (tertiary/aromatic N) is 1. The van der Waals surface area contributed by atoms with Crippen molar-refractivity contribution in [3.63, 3.8) is 0 Å². The average Bonchev–Trinajstić information content (AvgIpc) is 2.21. The summed E-state index contributed by atoms with van der Waals surface area (Å²) in [6.45, 7) is 1.93. The number of allylic oxidation sites excluding steroid dienone is 1. The van der Waals surface area contributed by atoms with E-state index in [1.807, 2.05) is 37.3 Å². The van der Waals surface area contributed by atoms with E-state index >= 15 is 0 Å². The molecule has 3 nitrogen and oxygen atoms in total. The monoisotopic (exact) mass is 191 g/mol. The van der Waals surface area contributed by atoms with Gasteiger partial charge < -0.3 is 9.94 Å². The highest BCUT2D eigenvalue weighted by Gasteiger charge is 2.03. The van der Waals surface area contributed by atoms with Crippen molar-refractivity contribution in [3.05, 3.63) is 35.4 Å². The predicted molar refractivity (Wildman–Crippen MR) is 57.1 cm³/mol. The van der Waals surface area contributed by atoms with Gasteiger partial charge in [0, 0.05) is 5.56 Å². The standard InChI is InChI=1S/C11H13NO2/c1-3-5-9-6-4-7-11(14-2)10(9)8-12-13/h3-8,13H,1-2H3/b5-3+,12-8?. The smallest absolute Gasteiger partial charge is 0.128 e. The van der Waals surface area contributed by atoms with Crippen molar-refractivity contribution in [1.29, 1.82) is 0 Å². The molecule has 0 spiro atoms. The highest BCUT2D eigenvalue weighted by molar-refractivity contribution is 5.88. The van der Waals surface area contributed by atoms with Gasteiger partial charge in [0.05, 0.1) is 13.3 Å². The zero-order chi connectivity index (χ0) is 10.4. The van der Waals surface area contributed by atoms with E-state index < -0.39 is 0 Å². The molecule has 1 N–H and O–H groups in total. The van der Waals surface area contributed by atoms with Gasteiger partial charge >= 0.3 is 0 Å². The minimum atomic E-state index is 0.693. The maximum absolute atomic E-state index is 8.52. The molecule has 0 unspecified atom stereocenters. The van der Waals surface area contributed by atoms with E-state index in [1.165, 1.54) is 6.21 Å². The summed E-state index contributed by atoms with van der Waals surface area (Å²) in [6.07, 6.45) is 5.22. The Morgan fingerprint density at radius 3 is 2.79 bits per heavy atom. The van der Waals surface area contributed by atoms with Crippen molar-refractivity contribution in [2.24, 2.45) is 5.16 Å². The van der Waals surface area contributed by atoms with Crippen LogP contribution in [0.3, 0.4) is 0 Å². The molecular weight excluding hydrogens is 178 g/mol. The molecule has 0 bridgehead atoms. The molecule has 1 rings (SSSR count). The molecule has 0 aliphatic carbocycles. The lowest BCUT2D eigenvalue weighted by Crippen LogP contribution is -1.93. The molecular formula is C11H13NO2. The summed E-state index contributed by atoms with van der Waals surface area (Å²) in [5, 5.41) is 11.5. The number of hydrogen-bond donors (Lipinski definition) is 1. The maximum Gasteiger partial charge on any atom is 0.128 e. The second kappa shape index (κ2) is 5.07. The van der Waals surface area contributed by atoms with Crippen LogP contribution in [0.25, 0.3) is 6.08 Å². The van der Waals surface area contributed by atoms with Crippen LogP contribution < -0.4 is 4.74 Å². The van der Waals surface area contributed by atoms with Gasteiger partial charge in [-0.3, -0.25) is 0 Å². The van der Waals surface area contributed by atoms with Gasteiger partial charge in [0.1, 0.15) is 5.75 Å². The van der Waals surface area contributed by atoms with E-state index in [-0.39, 0.29) is 0 Å². The van der Waals surface area contributed by atoms with Crippen LogP contribution in [-0.4, -0.2) is 18.5 Å². The Morgan fingerprint density at radius 2 is 2.21 bits per heavy atom. The van der Waals surface area contributed by atoms with Crippen LogP contribution >= 0.6 is 0 Å². The summed E-state index contributed by atoms with van der Waals surface area (Å²) >= 11 is 0. The van der Waals surface area contributed by atoms with E-state index in [2.05, 4.69) is 5.16 Å². The first kappa shape index (κ1) is 10.3. The van der Waals surface area contributed by atoms with Gasteiger partial charge in [-0.15, -0.1) is 0 Å². The number of methoxy groups -OCH3 is 1. The van der Waals surface area contributed by atoms with Gasteiger partial charge in [-0.2, -0.15) is 0 Å². The van der Waals surface area contributed by atoms with Gasteiger partial charge in [0.25, 0.3) is 0 Å². The molecule has 0 saturated heterocycles. The Kier molecular flexibility index (Phi) is 3.73. The maximum atomic E-state index is 8.52. The van der Waals surface area contributed by atoms with Crippen molar-refractivity contribution >= 4 is 12.3 Å². The Labute approximate surface area is 83.3 Å². The van der Waals surface area contributed by atoms with Crippen LogP contribution in [0, 0.1) is 0 Å². The van der Waals surface area contributed by atoms with Crippen molar-refractivity contribution in [1.82, 2.24) is 0 Å². The van der Waals surface area contributed by atoms with Crippen LogP contribution in [0.5, 0.6) is 5.75 Å². The summed E-state index contributed by atoms with van der Waals surface area (Å²) < 4.78 is 5.15. The second-order valence-electron chi connectivity index (χ2n) is 2.71. The molecule has 3 heteroatoms. The van der Waals surface area contributed by atoms with E-state index in [0.717, 1.165) is 11.1 Å². The summed E-state index contributed by atoms with van der Waals surface area (Å²) in [4.78, 5) is 0. The van der Waals surface area contributed by atoms with Gasteiger partial charge in [-0.25, -0.2) is 0 Å².